The maximum absolute atomic E-state index is 5.65. The fraction of sp³-hybridized carbons (Fsp3) is 0.500. The molecular weight excluding hydrogens is 148 g/mol. The minimum atomic E-state index is 0.183. The molecule has 12 heavy (non-hydrogen) atoms. The van der Waals surface area contributed by atoms with Crippen LogP contribution in [-0.4, -0.2) is 4.98 Å². The molecule has 0 atom stereocenters. The number of pyridine rings is 1. The van der Waals surface area contributed by atoms with Crippen molar-refractivity contribution >= 4 is 5.69 Å². The molecule has 0 saturated heterocycles. The molecule has 0 aliphatic carbocycles. The van der Waals surface area contributed by atoms with Gasteiger partial charge in [-0.2, -0.15) is 0 Å². The van der Waals surface area contributed by atoms with E-state index in [0.29, 0.717) is 0 Å². The number of rotatable bonds is 2. The third kappa shape index (κ3) is 1.76. The number of anilines is 1. The van der Waals surface area contributed by atoms with Crippen molar-refractivity contribution in [1.29, 1.82) is 0 Å². The number of nitrogens with zero attached hydrogens (tertiary/aromatic N) is 1. The summed E-state index contributed by atoms with van der Waals surface area (Å²) >= 11 is 0. The summed E-state index contributed by atoms with van der Waals surface area (Å²) in [5, 5.41) is 0. The van der Waals surface area contributed by atoms with Crippen molar-refractivity contribution < 1.29 is 0 Å². The summed E-state index contributed by atoms with van der Waals surface area (Å²) in [6.45, 7) is 6.57. The van der Waals surface area contributed by atoms with Gasteiger partial charge in [-0.05, 0) is 23.5 Å². The topological polar surface area (TPSA) is 38.9 Å². The zero-order valence-corrected chi connectivity index (χ0v) is 7.96. The van der Waals surface area contributed by atoms with E-state index in [1.54, 1.807) is 6.20 Å². The predicted molar refractivity (Wildman–Crippen MR) is 52.0 cm³/mol. The van der Waals surface area contributed by atoms with Gasteiger partial charge in [0.1, 0.15) is 0 Å². The molecule has 1 heterocycles. The monoisotopic (exact) mass is 164 g/mol. The van der Waals surface area contributed by atoms with Gasteiger partial charge in [-0.15, -0.1) is 0 Å². The number of aromatic nitrogens is 1. The van der Waals surface area contributed by atoms with Gasteiger partial charge in [-0.1, -0.05) is 20.8 Å². The van der Waals surface area contributed by atoms with E-state index in [1.165, 1.54) is 5.56 Å². The lowest BCUT2D eigenvalue weighted by Crippen LogP contribution is -2.15. The summed E-state index contributed by atoms with van der Waals surface area (Å²) in [5.74, 6) is 0. The van der Waals surface area contributed by atoms with Crippen molar-refractivity contribution in [3.05, 3.63) is 24.0 Å². The Morgan fingerprint density at radius 3 is 2.58 bits per heavy atom. The van der Waals surface area contributed by atoms with E-state index in [9.17, 15) is 0 Å². The van der Waals surface area contributed by atoms with Crippen molar-refractivity contribution in [1.82, 2.24) is 4.98 Å². The first-order valence-electron chi connectivity index (χ1n) is 4.27. The fourth-order valence-electron chi connectivity index (χ4n) is 1.03. The third-order valence-corrected chi connectivity index (χ3v) is 2.42. The van der Waals surface area contributed by atoms with Crippen LogP contribution in [0.15, 0.2) is 18.5 Å². The van der Waals surface area contributed by atoms with Gasteiger partial charge < -0.3 is 5.73 Å². The van der Waals surface area contributed by atoms with Crippen LogP contribution >= 0.6 is 0 Å². The molecule has 0 bridgehead atoms. The number of nitrogen functional groups attached to an aromatic ring is 1. The van der Waals surface area contributed by atoms with Crippen LogP contribution < -0.4 is 5.73 Å². The van der Waals surface area contributed by atoms with Crippen LogP contribution in [0.5, 0.6) is 0 Å². The van der Waals surface area contributed by atoms with Crippen molar-refractivity contribution in [2.75, 3.05) is 5.73 Å². The van der Waals surface area contributed by atoms with Gasteiger partial charge in [0.2, 0.25) is 0 Å². The molecule has 1 rings (SSSR count). The SMILES string of the molecule is CCC(C)(C)c1cncc(N)c1. The summed E-state index contributed by atoms with van der Waals surface area (Å²) < 4.78 is 0. The van der Waals surface area contributed by atoms with E-state index < -0.39 is 0 Å². The van der Waals surface area contributed by atoms with E-state index in [4.69, 9.17) is 5.73 Å². The van der Waals surface area contributed by atoms with Crippen LogP contribution in [-0.2, 0) is 5.41 Å². The Morgan fingerprint density at radius 2 is 2.08 bits per heavy atom. The maximum Gasteiger partial charge on any atom is 0.0503 e. The van der Waals surface area contributed by atoms with Crippen LogP contribution in [0.25, 0.3) is 0 Å². The molecule has 0 aromatic carbocycles. The molecule has 0 saturated carbocycles. The zero-order valence-electron chi connectivity index (χ0n) is 7.96. The van der Waals surface area contributed by atoms with Crippen molar-refractivity contribution in [3.8, 4) is 0 Å². The lowest BCUT2D eigenvalue weighted by atomic mass is 9.83. The molecular formula is C10H16N2. The minimum Gasteiger partial charge on any atom is -0.397 e. The zero-order chi connectivity index (χ0) is 9.19. The average Bonchev–Trinajstić information content (AvgIpc) is 2.05. The Hall–Kier alpha value is -1.05. The third-order valence-electron chi connectivity index (χ3n) is 2.42. The molecule has 0 fully saturated rings. The number of hydrogen-bond donors (Lipinski definition) is 1. The molecule has 0 radical (unpaired) electrons. The number of hydrogen-bond acceptors (Lipinski definition) is 2. The summed E-state index contributed by atoms with van der Waals surface area (Å²) in [4.78, 5) is 4.07. The highest BCUT2D eigenvalue weighted by Gasteiger charge is 2.17. The average molecular weight is 164 g/mol. The number of nitrogens with two attached hydrogens (primary N) is 1. The summed E-state index contributed by atoms with van der Waals surface area (Å²) in [5.41, 5.74) is 7.79. The van der Waals surface area contributed by atoms with Gasteiger partial charge in [-0.3, -0.25) is 4.98 Å². The van der Waals surface area contributed by atoms with E-state index >= 15 is 0 Å². The molecule has 0 spiro atoms. The first-order chi connectivity index (χ1) is 5.56. The highest BCUT2D eigenvalue weighted by atomic mass is 14.7. The first kappa shape index (κ1) is 9.04. The van der Waals surface area contributed by atoms with Gasteiger partial charge in [0, 0.05) is 12.4 Å². The second-order valence-electron chi connectivity index (χ2n) is 3.74. The Kier molecular flexibility index (Phi) is 2.36. The van der Waals surface area contributed by atoms with Gasteiger partial charge in [-0.25, -0.2) is 0 Å². The van der Waals surface area contributed by atoms with Crippen LogP contribution in [0, 0.1) is 0 Å². The highest BCUT2D eigenvalue weighted by Crippen LogP contribution is 2.26. The van der Waals surface area contributed by atoms with E-state index in [2.05, 4.69) is 25.8 Å². The Bertz CT molecular complexity index is 266. The summed E-state index contributed by atoms with van der Waals surface area (Å²) in [6, 6.07) is 2.00. The van der Waals surface area contributed by atoms with Gasteiger partial charge >= 0.3 is 0 Å². The molecule has 0 aliphatic heterocycles. The summed E-state index contributed by atoms with van der Waals surface area (Å²) in [6.07, 6.45) is 4.66. The molecule has 66 valence electrons. The Morgan fingerprint density at radius 1 is 1.42 bits per heavy atom. The normalized spacial score (nSPS) is 11.6. The van der Waals surface area contributed by atoms with Crippen molar-refractivity contribution in [3.63, 3.8) is 0 Å². The maximum atomic E-state index is 5.65. The second kappa shape index (κ2) is 3.13. The lowest BCUT2D eigenvalue weighted by Gasteiger charge is -2.22. The van der Waals surface area contributed by atoms with Crippen LogP contribution in [0.2, 0.25) is 0 Å². The van der Waals surface area contributed by atoms with Gasteiger partial charge in [0.05, 0.1) is 5.69 Å². The summed E-state index contributed by atoms with van der Waals surface area (Å²) in [7, 11) is 0. The minimum absolute atomic E-state index is 0.183. The smallest absolute Gasteiger partial charge is 0.0503 e. The molecule has 0 amide bonds. The Labute approximate surface area is 73.8 Å². The molecule has 2 N–H and O–H groups in total. The molecule has 0 aliphatic rings. The van der Waals surface area contributed by atoms with Crippen LogP contribution in [0.1, 0.15) is 32.8 Å². The Balaban J connectivity index is 3.03. The molecule has 2 heteroatoms. The molecule has 1 aromatic rings. The molecule has 0 unspecified atom stereocenters. The molecule has 1 aromatic heterocycles. The van der Waals surface area contributed by atoms with Crippen molar-refractivity contribution in [2.45, 2.75) is 32.6 Å². The molecule has 2 nitrogen and oxygen atoms in total. The van der Waals surface area contributed by atoms with Gasteiger partial charge in [0.15, 0.2) is 0 Å². The second-order valence-corrected chi connectivity index (χ2v) is 3.74. The highest BCUT2D eigenvalue weighted by molar-refractivity contribution is 5.39. The van der Waals surface area contributed by atoms with Crippen LogP contribution in [0.4, 0.5) is 5.69 Å². The lowest BCUT2D eigenvalue weighted by molar-refractivity contribution is 0.504. The van der Waals surface area contributed by atoms with Gasteiger partial charge in [0.25, 0.3) is 0 Å². The first-order valence-corrected chi connectivity index (χ1v) is 4.27. The largest absolute Gasteiger partial charge is 0.397 e. The van der Waals surface area contributed by atoms with E-state index in [0.717, 1.165) is 12.1 Å². The fourth-order valence-corrected chi connectivity index (χ4v) is 1.03. The standard InChI is InChI=1S/C10H16N2/c1-4-10(2,3)8-5-9(11)7-12-6-8/h5-7H,4,11H2,1-3H3. The quantitative estimate of drug-likeness (QED) is 0.728. The van der Waals surface area contributed by atoms with Crippen LogP contribution in [0.3, 0.4) is 0 Å². The predicted octanol–water partition coefficient (Wildman–Crippen LogP) is 2.35. The van der Waals surface area contributed by atoms with E-state index in [-0.39, 0.29) is 5.41 Å². The van der Waals surface area contributed by atoms with E-state index in [1.807, 2.05) is 12.3 Å². The van der Waals surface area contributed by atoms with Crippen molar-refractivity contribution in [2.24, 2.45) is 0 Å².